The van der Waals surface area contributed by atoms with Crippen molar-refractivity contribution in [1.82, 2.24) is 20.1 Å². The molecule has 1 aliphatic heterocycles. The molecule has 1 aromatic carbocycles. The average molecular weight is 300 g/mol. The third-order valence-electron chi connectivity index (χ3n) is 4.35. The highest BCUT2D eigenvalue weighted by molar-refractivity contribution is 5.95. The zero-order valence-electron chi connectivity index (χ0n) is 12.9. The van der Waals surface area contributed by atoms with Gasteiger partial charge in [0, 0.05) is 17.7 Å². The van der Waals surface area contributed by atoms with Gasteiger partial charge in [0.1, 0.15) is 6.33 Å². The summed E-state index contributed by atoms with van der Waals surface area (Å²) in [6, 6.07) is 7.45. The number of H-pyrrole nitrogens is 1. The number of benzene rings is 1. The maximum atomic E-state index is 12.8. The highest BCUT2D eigenvalue weighted by Crippen LogP contribution is 2.26. The highest BCUT2D eigenvalue weighted by atomic mass is 16.5. The van der Waals surface area contributed by atoms with Gasteiger partial charge in [-0.2, -0.15) is 5.10 Å². The smallest absolute Gasteiger partial charge is 0.254 e. The number of rotatable bonds is 3. The topological polar surface area (TPSA) is 71.1 Å². The quantitative estimate of drug-likeness (QED) is 0.942. The van der Waals surface area contributed by atoms with E-state index < -0.39 is 0 Å². The molecule has 1 atom stereocenters. The number of nitrogens with one attached hydrogen (secondary N) is 1. The molecule has 1 N–H and O–H groups in total. The first kappa shape index (κ1) is 14.7. The molecule has 0 spiro atoms. The lowest BCUT2D eigenvalue weighted by Crippen LogP contribution is -2.57. The van der Waals surface area contributed by atoms with Crippen molar-refractivity contribution in [1.29, 1.82) is 0 Å². The Labute approximate surface area is 129 Å². The molecule has 1 unspecified atom stereocenters. The van der Waals surface area contributed by atoms with Gasteiger partial charge < -0.3 is 9.64 Å². The molecule has 1 aromatic heterocycles. The minimum Gasteiger partial charge on any atom is -0.377 e. The van der Waals surface area contributed by atoms with Crippen LogP contribution in [0.1, 0.15) is 30.6 Å². The molecule has 1 saturated heterocycles. The monoisotopic (exact) mass is 300 g/mol. The van der Waals surface area contributed by atoms with E-state index in [-0.39, 0.29) is 11.4 Å². The van der Waals surface area contributed by atoms with Crippen molar-refractivity contribution in [2.75, 3.05) is 19.8 Å². The number of ether oxygens (including phenoxy) is 1. The van der Waals surface area contributed by atoms with E-state index in [1.165, 1.54) is 6.33 Å². The van der Waals surface area contributed by atoms with Gasteiger partial charge in [0.05, 0.1) is 18.8 Å². The van der Waals surface area contributed by atoms with E-state index in [1.54, 1.807) is 0 Å². The first-order valence-corrected chi connectivity index (χ1v) is 7.49. The summed E-state index contributed by atoms with van der Waals surface area (Å²) in [5.74, 6) is 0.750. The summed E-state index contributed by atoms with van der Waals surface area (Å²) in [6.07, 6.45) is 2.34. The van der Waals surface area contributed by atoms with E-state index in [2.05, 4.69) is 29.0 Å². The van der Waals surface area contributed by atoms with Gasteiger partial charge in [0.2, 0.25) is 0 Å². The normalized spacial score (nSPS) is 21.8. The predicted octanol–water partition coefficient (Wildman–Crippen LogP) is 2.11. The predicted molar refractivity (Wildman–Crippen MR) is 82.4 cm³/mol. The molecule has 1 fully saturated rings. The SMILES string of the molecule is CCC1(C)COCCN1C(=O)c1ccc(-c2ncn[nH]2)cc1. The van der Waals surface area contributed by atoms with Crippen LogP contribution in [0.2, 0.25) is 0 Å². The first-order chi connectivity index (χ1) is 10.6. The zero-order valence-corrected chi connectivity index (χ0v) is 12.9. The van der Waals surface area contributed by atoms with E-state index in [9.17, 15) is 4.79 Å². The lowest BCUT2D eigenvalue weighted by Gasteiger charge is -2.44. The summed E-state index contributed by atoms with van der Waals surface area (Å²) in [5.41, 5.74) is 1.36. The van der Waals surface area contributed by atoms with Crippen molar-refractivity contribution in [3.05, 3.63) is 36.2 Å². The second kappa shape index (κ2) is 5.88. The molecule has 0 aliphatic carbocycles. The molecule has 116 valence electrons. The lowest BCUT2D eigenvalue weighted by molar-refractivity contribution is -0.0465. The summed E-state index contributed by atoms with van der Waals surface area (Å²) in [5, 5.41) is 6.65. The van der Waals surface area contributed by atoms with Crippen LogP contribution in [0, 0.1) is 0 Å². The minimum absolute atomic E-state index is 0.0526. The van der Waals surface area contributed by atoms with Crippen LogP contribution in [0.4, 0.5) is 0 Å². The van der Waals surface area contributed by atoms with Crippen LogP contribution >= 0.6 is 0 Å². The fourth-order valence-electron chi connectivity index (χ4n) is 2.71. The average Bonchev–Trinajstić information content (AvgIpc) is 3.09. The molecule has 0 bridgehead atoms. The fraction of sp³-hybridized carbons (Fsp3) is 0.438. The number of hydrogen-bond donors (Lipinski definition) is 1. The highest BCUT2D eigenvalue weighted by Gasteiger charge is 2.37. The van der Waals surface area contributed by atoms with Crippen LogP contribution in [-0.2, 0) is 4.74 Å². The Kier molecular flexibility index (Phi) is 3.94. The minimum atomic E-state index is -0.237. The second-order valence-corrected chi connectivity index (χ2v) is 5.77. The van der Waals surface area contributed by atoms with Crippen molar-refractivity contribution in [2.24, 2.45) is 0 Å². The van der Waals surface area contributed by atoms with E-state index >= 15 is 0 Å². The summed E-state index contributed by atoms with van der Waals surface area (Å²) in [6.45, 7) is 5.98. The Hall–Kier alpha value is -2.21. The van der Waals surface area contributed by atoms with Gasteiger partial charge in [-0.05, 0) is 25.5 Å². The number of morpholine rings is 1. The molecular weight excluding hydrogens is 280 g/mol. The second-order valence-electron chi connectivity index (χ2n) is 5.77. The molecule has 1 amide bonds. The molecular formula is C16H20N4O2. The maximum Gasteiger partial charge on any atom is 0.254 e. The Morgan fingerprint density at radius 3 is 2.82 bits per heavy atom. The molecule has 2 heterocycles. The van der Waals surface area contributed by atoms with Crippen LogP contribution in [0.15, 0.2) is 30.6 Å². The Morgan fingerprint density at radius 1 is 1.41 bits per heavy atom. The van der Waals surface area contributed by atoms with Gasteiger partial charge in [-0.1, -0.05) is 19.1 Å². The summed E-state index contributed by atoms with van der Waals surface area (Å²) in [4.78, 5) is 18.8. The Morgan fingerprint density at radius 2 is 2.18 bits per heavy atom. The molecule has 6 heteroatoms. The maximum absolute atomic E-state index is 12.8. The number of hydrogen-bond acceptors (Lipinski definition) is 4. The van der Waals surface area contributed by atoms with Crippen LogP contribution in [-0.4, -0.2) is 51.3 Å². The molecule has 6 nitrogen and oxygen atoms in total. The van der Waals surface area contributed by atoms with Crippen molar-refractivity contribution in [3.63, 3.8) is 0 Å². The molecule has 22 heavy (non-hydrogen) atoms. The lowest BCUT2D eigenvalue weighted by atomic mass is 9.95. The van der Waals surface area contributed by atoms with Gasteiger partial charge >= 0.3 is 0 Å². The number of nitrogens with zero attached hydrogens (tertiary/aromatic N) is 3. The molecule has 1 aliphatic rings. The van der Waals surface area contributed by atoms with Crippen molar-refractivity contribution < 1.29 is 9.53 Å². The van der Waals surface area contributed by atoms with Crippen molar-refractivity contribution in [2.45, 2.75) is 25.8 Å². The largest absolute Gasteiger partial charge is 0.377 e. The third-order valence-corrected chi connectivity index (χ3v) is 4.35. The fourth-order valence-corrected chi connectivity index (χ4v) is 2.71. The number of amides is 1. The molecule has 0 radical (unpaired) electrons. The summed E-state index contributed by atoms with van der Waals surface area (Å²) < 4.78 is 5.55. The molecule has 2 aromatic rings. The van der Waals surface area contributed by atoms with Gasteiger partial charge in [0.25, 0.3) is 5.91 Å². The molecule has 0 saturated carbocycles. The zero-order chi connectivity index (χ0) is 15.6. The van der Waals surface area contributed by atoms with Crippen LogP contribution in [0.3, 0.4) is 0 Å². The number of carbonyl (C=O) groups excluding carboxylic acids is 1. The Balaban J connectivity index is 1.82. The number of aromatic amines is 1. The number of carbonyl (C=O) groups is 1. The van der Waals surface area contributed by atoms with Gasteiger partial charge in [-0.25, -0.2) is 4.98 Å². The van der Waals surface area contributed by atoms with Crippen LogP contribution in [0.5, 0.6) is 0 Å². The van der Waals surface area contributed by atoms with Gasteiger partial charge in [-0.3, -0.25) is 9.89 Å². The van der Waals surface area contributed by atoms with Crippen molar-refractivity contribution in [3.8, 4) is 11.4 Å². The standard InChI is InChI=1S/C16H20N4O2/c1-3-16(2)10-22-9-8-20(16)15(21)13-6-4-12(5-7-13)14-17-11-18-19-14/h4-7,11H,3,8-10H2,1-2H3,(H,17,18,19). The summed E-state index contributed by atoms with van der Waals surface area (Å²) in [7, 11) is 0. The van der Waals surface area contributed by atoms with E-state index in [1.807, 2.05) is 29.2 Å². The summed E-state index contributed by atoms with van der Waals surface area (Å²) >= 11 is 0. The van der Waals surface area contributed by atoms with Gasteiger partial charge in [0.15, 0.2) is 5.82 Å². The number of aromatic nitrogens is 3. The van der Waals surface area contributed by atoms with Crippen LogP contribution in [0.25, 0.3) is 11.4 Å². The molecule has 3 rings (SSSR count). The third kappa shape index (κ3) is 2.62. The first-order valence-electron chi connectivity index (χ1n) is 7.49. The van der Waals surface area contributed by atoms with Crippen molar-refractivity contribution >= 4 is 5.91 Å². The van der Waals surface area contributed by atoms with E-state index in [4.69, 9.17) is 4.74 Å². The Bertz CT molecular complexity index is 639. The van der Waals surface area contributed by atoms with E-state index in [0.717, 1.165) is 12.0 Å². The van der Waals surface area contributed by atoms with Crippen LogP contribution < -0.4 is 0 Å². The van der Waals surface area contributed by atoms with Gasteiger partial charge in [-0.15, -0.1) is 0 Å². The van der Waals surface area contributed by atoms with E-state index in [0.29, 0.717) is 31.1 Å².